The minimum atomic E-state index is -1.45. The van der Waals surface area contributed by atoms with Gasteiger partial charge in [-0.1, -0.05) is 84.9 Å². The summed E-state index contributed by atoms with van der Waals surface area (Å²) < 4.78 is 0. The smallest absolute Gasteiger partial charge is 0.270 e. The van der Waals surface area contributed by atoms with Crippen molar-refractivity contribution in [2.75, 3.05) is 5.32 Å². The Bertz CT molecular complexity index is 1800. The second-order valence-electron chi connectivity index (χ2n) is 10.5. The fourth-order valence-electron chi connectivity index (χ4n) is 6.89. The van der Waals surface area contributed by atoms with Crippen LogP contribution in [-0.2, 0) is 10.2 Å². The average Bonchev–Trinajstić information content (AvgIpc) is 3.49. The van der Waals surface area contributed by atoms with Gasteiger partial charge in [0.25, 0.3) is 5.69 Å². The number of nitro benzene ring substituents is 1. The lowest BCUT2D eigenvalue weighted by Gasteiger charge is -2.38. The van der Waals surface area contributed by atoms with Crippen LogP contribution >= 0.6 is 0 Å². The van der Waals surface area contributed by atoms with Gasteiger partial charge >= 0.3 is 0 Å². The third-order valence-corrected chi connectivity index (χ3v) is 8.52. The maximum absolute atomic E-state index is 14.6. The van der Waals surface area contributed by atoms with E-state index in [0.29, 0.717) is 16.8 Å². The molecule has 4 atom stereocenters. The van der Waals surface area contributed by atoms with E-state index >= 15 is 0 Å². The van der Waals surface area contributed by atoms with E-state index in [0.717, 1.165) is 11.1 Å². The number of para-hydroxylation sites is 1. The number of hydrogen-bond acceptors (Lipinski definition) is 6. The van der Waals surface area contributed by atoms with Crippen molar-refractivity contribution in [2.24, 2.45) is 5.92 Å². The van der Waals surface area contributed by atoms with Crippen molar-refractivity contribution in [2.45, 2.75) is 17.5 Å². The molecule has 0 aromatic heterocycles. The van der Waals surface area contributed by atoms with Crippen LogP contribution in [0.25, 0.3) is 6.08 Å². The number of carbonyl (C=O) groups is 3. The lowest BCUT2D eigenvalue weighted by atomic mass is 9.62. The van der Waals surface area contributed by atoms with Crippen molar-refractivity contribution in [3.8, 4) is 0 Å². The highest BCUT2D eigenvalue weighted by atomic mass is 16.6. The molecule has 0 bridgehead atoms. The number of non-ortho nitro benzene ring substituents is 1. The molecule has 1 saturated heterocycles. The van der Waals surface area contributed by atoms with Crippen molar-refractivity contribution in [3.05, 3.63) is 147 Å². The van der Waals surface area contributed by atoms with E-state index in [9.17, 15) is 24.5 Å². The summed E-state index contributed by atoms with van der Waals surface area (Å²) >= 11 is 0. The molecule has 1 spiro atoms. The van der Waals surface area contributed by atoms with Crippen LogP contribution in [0.3, 0.4) is 0 Å². The minimum absolute atomic E-state index is 0.102. The molecule has 1 N–H and O–H groups in total. The van der Waals surface area contributed by atoms with Crippen molar-refractivity contribution < 1.29 is 19.3 Å². The number of hydrogen-bond donors (Lipinski definition) is 1. The average molecular weight is 542 g/mol. The van der Waals surface area contributed by atoms with Crippen molar-refractivity contribution >= 4 is 34.9 Å². The summed E-state index contributed by atoms with van der Waals surface area (Å²) in [7, 11) is 0. The van der Waals surface area contributed by atoms with E-state index in [2.05, 4.69) is 5.32 Å². The highest BCUT2D eigenvalue weighted by molar-refractivity contribution is 6.16. The topological polar surface area (TPSA) is 110 Å². The number of rotatable bonds is 5. The molecular formula is C33H23N3O5. The monoisotopic (exact) mass is 541 g/mol. The maximum atomic E-state index is 14.6. The maximum Gasteiger partial charge on any atom is 0.270 e. The first-order chi connectivity index (χ1) is 19.9. The summed E-state index contributed by atoms with van der Waals surface area (Å²) in [6.45, 7) is 0. The van der Waals surface area contributed by atoms with Crippen molar-refractivity contribution in [1.82, 2.24) is 4.90 Å². The summed E-state index contributed by atoms with van der Waals surface area (Å²) in [6.07, 6.45) is 3.66. The van der Waals surface area contributed by atoms with E-state index in [1.165, 1.54) is 24.3 Å². The lowest BCUT2D eigenvalue weighted by molar-refractivity contribution is -0.384. The number of ketones is 2. The Morgan fingerprint density at radius 3 is 2.34 bits per heavy atom. The SMILES string of the molecule is O=C(c1cccc([N+](=O)[O-])c1)[C@@H]1[C@H](C(=O)c2ccccc2)[C@@]2(C(=O)Nc3ccccc32)[C@H]2c3ccccc3C=CN12. The van der Waals surface area contributed by atoms with E-state index in [-0.39, 0.29) is 22.9 Å². The van der Waals surface area contributed by atoms with Gasteiger partial charge in [-0.15, -0.1) is 0 Å². The third-order valence-electron chi connectivity index (χ3n) is 8.52. The number of benzene rings is 4. The van der Waals surface area contributed by atoms with Crippen LogP contribution in [-0.4, -0.2) is 33.3 Å². The van der Waals surface area contributed by atoms with Gasteiger partial charge < -0.3 is 10.2 Å². The molecule has 0 aliphatic carbocycles. The van der Waals surface area contributed by atoms with Crippen LogP contribution in [0.1, 0.15) is 43.4 Å². The molecule has 0 unspecified atom stereocenters. The van der Waals surface area contributed by atoms with Crippen LogP contribution < -0.4 is 5.32 Å². The van der Waals surface area contributed by atoms with Crippen LogP contribution in [0.15, 0.2) is 109 Å². The van der Waals surface area contributed by atoms with Crippen molar-refractivity contribution in [3.63, 3.8) is 0 Å². The van der Waals surface area contributed by atoms with Gasteiger partial charge in [0.05, 0.1) is 16.9 Å². The Hall–Kier alpha value is -5.37. The molecule has 7 rings (SSSR count). The molecule has 1 amide bonds. The molecule has 1 fully saturated rings. The molecule has 41 heavy (non-hydrogen) atoms. The van der Waals surface area contributed by atoms with Gasteiger partial charge in [-0.2, -0.15) is 0 Å². The van der Waals surface area contributed by atoms with Crippen molar-refractivity contribution in [1.29, 1.82) is 0 Å². The fraction of sp³-hybridized carbons (Fsp3) is 0.121. The highest BCUT2D eigenvalue weighted by Crippen LogP contribution is 2.62. The number of anilines is 1. The molecule has 0 radical (unpaired) electrons. The largest absolute Gasteiger partial charge is 0.358 e. The standard InChI is InChI=1S/C33H23N3O5/c37-29(21-10-2-1-3-11-21)27-28(30(38)22-12-8-13-23(19-22)36(40)41)35-18-17-20-9-4-5-14-24(20)31(35)33(27)25-15-6-7-16-26(25)34-32(33)39/h1-19,27-28,31H,(H,34,39)/t27-,28+,31-,33-/m1/s1. The highest BCUT2D eigenvalue weighted by Gasteiger charge is 2.70. The molecule has 3 aliphatic rings. The zero-order valence-corrected chi connectivity index (χ0v) is 21.6. The molecule has 3 aliphatic heterocycles. The van der Waals surface area contributed by atoms with Gasteiger partial charge in [0.2, 0.25) is 5.91 Å². The van der Waals surface area contributed by atoms with Crippen LogP contribution in [0.2, 0.25) is 0 Å². The Morgan fingerprint density at radius 2 is 1.54 bits per heavy atom. The van der Waals surface area contributed by atoms with E-state index in [1.54, 1.807) is 42.6 Å². The molecule has 8 heteroatoms. The summed E-state index contributed by atoms with van der Waals surface area (Å²) in [5, 5.41) is 14.6. The van der Waals surface area contributed by atoms with Crippen LogP contribution in [0, 0.1) is 16.0 Å². The quantitative estimate of drug-likeness (QED) is 0.201. The van der Waals surface area contributed by atoms with Gasteiger partial charge in [-0.3, -0.25) is 24.5 Å². The number of fused-ring (bicyclic) bond motifs is 6. The Labute approximate surface area is 235 Å². The second-order valence-corrected chi connectivity index (χ2v) is 10.5. The number of nitro groups is 1. The number of carbonyl (C=O) groups excluding carboxylic acids is 3. The first-order valence-corrected chi connectivity index (χ1v) is 13.3. The molecule has 200 valence electrons. The number of nitrogens with zero attached hydrogens (tertiary/aromatic N) is 2. The van der Waals surface area contributed by atoms with E-state index in [4.69, 9.17) is 0 Å². The predicted molar refractivity (Wildman–Crippen MR) is 152 cm³/mol. The summed E-state index contributed by atoms with van der Waals surface area (Å²) in [5.41, 5.74) is 1.75. The number of nitrogens with one attached hydrogen (secondary N) is 1. The van der Waals surface area contributed by atoms with E-state index < -0.39 is 34.1 Å². The first kappa shape index (κ1) is 24.7. The molecule has 4 aromatic rings. The Kier molecular flexibility index (Phi) is 5.47. The predicted octanol–water partition coefficient (Wildman–Crippen LogP) is 5.58. The first-order valence-electron chi connectivity index (χ1n) is 13.3. The minimum Gasteiger partial charge on any atom is -0.358 e. The zero-order chi connectivity index (χ0) is 28.3. The van der Waals surface area contributed by atoms with Crippen LogP contribution in [0.5, 0.6) is 0 Å². The number of Topliss-reactive ketones (excluding diaryl/α,β-unsaturated/α-hetero) is 2. The van der Waals surface area contributed by atoms with Gasteiger partial charge in [-0.25, -0.2) is 0 Å². The van der Waals surface area contributed by atoms with Gasteiger partial charge in [0.15, 0.2) is 11.6 Å². The summed E-state index contributed by atoms with van der Waals surface area (Å²) in [6, 6.07) is 27.3. The Balaban J connectivity index is 1.53. The molecule has 8 nitrogen and oxygen atoms in total. The normalized spacial score (nSPS) is 23.5. The summed E-state index contributed by atoms with van der Waals surface area (Å²) in [5.74, 6) is -2.31. The fourth-order valence-corrected chi connectivity index (χ4v) is 6.89. The molecule has 4 aromatic carbocycles. The van der Waals surface area contributed by atoms with E-state index in [1.807, 2.05) is 53.4 Å². The van der Waals surface area contributed by atoms with Gasteiger partial charge in [0.1, 0.15) is 11.5 Å². The van der Waals surface area contributed by atoms with Gasteiger partial charge in [-0.05, 0) is 28.8 Å². The number of amides is 1. The molecular weight excluding hydrogens is 518 g/mol. The lowest BCUT2D eigenvalue weighted by Crippen LogP contribution is -2.49. The molecule has 3 heterocycles. The second kappa shape index (κ2) is 9.09. The third kappa shape index (κ3) is 3.43. The zero-order valence-electron chi connectivity index (χ0n) is 21.6. The van der Waals surface area contributed by atoms with Crippen LogP contribution in [0.4, 0.5) is 11.4 Å². The Morgan fingerprint density at radius 1 is 0.829 bits per heavy atom. The summed E-state index contributed by atoms with van der Waals surface area (Å²) in [4.78, 5) is 56.4. The van der Waals surface area contributed by atoms with Gasteiger partial charge in [0, 0.05) is 35.1 Å². The molecule has 0 saturated carbocycles.